The number of hydrogen-bond donors (Lipinski definition) is 1. The van der Waals surface area contributed by atoms with Crippen molar-refractivity contribution in [1.29, 1.82) is 0 Å². The Balaban J connectivity index is 2.99. The van der Waals surface area contributed by atoms with Crippen LogP contribution in [0.25, 0.3) is 0 Å². The van der Waals surface area contributed by atoms with Gasteiger partial charge in [-0.2, -0.15) is 0 Å². The van der Waals surface area contributed by atoms with Crippen molar-refractivity contribution < 1.29 is 0 Å². The summed E-state index contributed by atoms with van der Waals surface area (Å²) < 4.78 is 0. The van der Waals surface area contributed by atoms with Gasteiger partial charge in [-0.05, 0) is 31.5 Å². The van der Waals surface area contributed by atoms with Gasteiger partial charge in [-0.15, -0.1) is 11.6 Å². The SMILES string of the molecule is CC(C)(Cl)c1ccc(N)cc1. The highest BCUT2D eigenvalue weighted by Crippen LogP contribution is 2.27. The van der Waals surface area contributed by atoms with Gasteiger partial charge in [0.2, 0.25) is 0 Å². The van der Waals surface area contributed by atoms with Crippen molar-refractivity contribution in [3.63, 3.8) is 0 Å². The van der Waals surface area contributed by atoms with E-state index in [2.05, 4.69) is 0 Å². The number of rotatable bonds is 1. The Morgan fingerprint density at radius 2 is 1.64 bits per heavy atom. The van der Waals surface area contributed by atoms with E-state index in [9.17, 15) is 0 Å². The van der Waals surface area contributed by atoms with E-state index in [0.29, 0.717) is 0 Å². The minimum absolute atomic E-state index is 0.298. The molecule has 0 fully saturated rings. The Morgan fingerprint density at radius 3 is 2.00 bits per heavy atom. The second kappa shape index (κ2) is 2.74. The molecule has 0 amide bonds. The second-order valence-corrected chi connectivity index (χ2v) is 4.04. The van der Waals surface area contributed by atoms with Gasteiger partial charge >= 0.3 is 0 Å². The zero-order chi connectivity index (χ0) is 8.48. The van der Waals surface area contributed by atoms with Gasteiger partial charge in [0.05, 0.1) is 4.87 Å². The highest BCUT2D eigenvalue weighted by molar-refractivity contribution is 6.23. The molecule has 1 rings (SSSR count). The number of benzene rings is 1. The smallest absolute Gasteiger partial charge is 0.0638 e. The van der Waals surface area contributed by atoms with Crippen molar-refractivity contribution in [2.24, 2.45) is 0 Å². The van der Waals surface area contributed by atoms with Crippen LogP contribution in [0.3, 0.4) is 0 Å². The van der Waals surface area contributed by atoms with E-state index in [-0.39, 0.29) is 4.87 Å². The molecule has 0 aliphatic rings. The molecule has 0 saturated carbocycles. The zero-order valence-corrected chi connectivity index (χ0v) is 7.52. The number of nitrogens with two attached hydrogens (primary N) is 1. The molecule has 11 heavy (non-hydrogen) atoms. The highest BCUT2D eigenvalue weighted by atomic mass is 35.5. The first-order valence-corrected chi connectivity index (χ1v) is 3.93. The summed E-state index contributed by atoms with van der Waals surface area (Å²) >= 11 is 6.07. The van der Waals surface area contributed by atoms with Crippen LogP contribution in [0.5, 0.6) is 0 Å². The van der Waals surface area contributed by atoms with Crippen molar-refractivity contribution in [2.75, 3.05) is 5.73 Å². The van der Waals surface area contributed by atoms with E-state index in [1.807, 2.05) is 38.1 Å². The van der Waals surface area contributed by atoms with Crippen LogP contribution in [0, 0.1) is 0 Å². The maximum Gasteiger partial charge on any atom is 0.0638 e. The fourth-order valence-corrected chi connectivity index (χ4v) is 1.01. The molecule has 1 aromatic rings. The molecular formula is C9H12ClN. The zero-order valence-electron chi connectivity index (χ0n) is 6.76. The molecule has 0 unspecified atom stereocenters. The summed E-state index contributed by atoms with van der Waals surface area (Å²) in [6, 6.07) is 7.61. The summed E-state index contributed by atoms with van der Waals surface area (Å²) in [5.41, 5.74) is 7.39. The lowest BCUT2D eigenvalue weighted by Gasteiger charge is -2.15. The Morgan fingerprint density at radius 1 is 1.18 bits per heavy atom. The number of halogens is 1. The van der Waals surface area contributed by atoms with Gasteiger partial charge in [0, 0.05) is 5.69 Å². The number of anilines is 1. The van der Waals surface area contributed by atoms with Gasteiger partial charge in [0.1, 0.15) is 0 Å². The molecule has 0 radical (unpaired) electrons. The largest absolute Gasteiger partial charge is 0.399 e. The summed E-state index contributed by atoms with van der Waals surface area (Å²) in [6.45, 7) is 3.92. The second-order valence-electron chi connectivity index (χ2n) is 3.09. The fraction of sp³-hybridized carbons (Fsp3) is 0.333. The minimum Gasteiger partial charge on any atom is -0.399 e. The van der Waals surface area contributed by atoms with E-state index < -0.39 is 0 Å². The van der Waals surface area contributed by atoms with Crippen molar-refractivity contribution in [3.8, 4) is 0 Å². The van der Waals surface area contributed by atoms with Crippen molar-refractivity contribution in [1.82, 2.24) is 0 Å². The normalized spacial score (nSPS) is 11.5. The van der Waals surface area contributed by atoms with E-state index in [1.54, 1.807) is 0 Å². The Labute approximate surface area is 72.2 Å². The fourth-order valence-electron chi connectivity index (χ4n) is 0.879. The molecule has 0 bridgehead atoms. The molecule has 2 N–H and O–H groups in total. The number of hydrogen-bond acceptors (Lipinski definition) is 1. The van der Waals surface area contributed by atoms with E-state index in [1.165, 1.54) is 0 Å². The summed E-state index contributed by atoms with van der Waals surface area (Å²) in [5, 5.41) is 0. The molecule has 0 saturated heterocycles. The minimum atomic E-state index is -0.298. The maximum atomic E-state index is 6.07. The van der Waals surface area contributed by atoms with E-state index in [4.69, 9.17) is 17.3 Å². The lowest BCUT2D eigenvalue weighted by Crippen LogP contribution is -2.06. The van der Waals surface area contributed by atoms with Crippen LogP contribution in [0.15, 0.2) is 24.3 Å². The summed E-state index contributed by atoms with van der Waals surface area (Å²) in [5.74, 6) is 0. The molecule has 0 aliphatic carbocycles. The first kappa shape index (κ1) is 8.41. The van der Waals surface area contributed by atoms with E-state index in [0.717, 1.165) is 11.3 Å². The molecule has 1 aromatic carbocycles. The van der Waals surface area contributed by atoms with Crippen LogP contribution in [0.2, 0.25) is 0 Å². The van der Waals surface area contributed by atoms with E-state index >= 15 is 0 Å². The average Bonchev–Trinajstić information content (AvgIpc) is 1.86. The maximum absolute atomic E-state index is 6.07. The predicted octanol–water partition coefficient (Wildman–Crippen LogP) is 2.74. The topological polar surface area (TPSA) is 26.0 Å². The number of alkyl halides is 1. The van der Waals surface area contributed by atoms with Crippen LogP contribution < -0.4 is 5.73 Å². The monoisotopic (exact) mass is 169 g/mol. The summed E-state index contributed by atoms with van der Waals surface area (Å²) in [4.78, 5) is -0.298. The molecule has 0 spiro atoms. The Kier molecular flexibility index (Phi) is 2.10. The molecule has 0 heterocycles. The van der Waals surface area contributed by atoms with Crippen LogP contribution in [0.1, 0.15) is 19.4 Å². The first-order chi connectivity index (χ1) is 5.00. The highest BCUT2D eigenvalue weighted by Gasteiger charge is 2.15. The van der Waals surface area contributed by atoms with Gasteiger partial charge in [-0.25, -0.2) is 0 Å². The third-order valence-corrected chi connectivity index (χ3v) is 1.82. The predicted molar refractivity (Wildman–Crippen MR) is 49.7 cm³/mol. The average molecular weight is 170 g/mol. The van der Waals surface area contributed by atoms with Crippen molar-refractivity contribution in [2.45, 2.75) is 18.7 Å². The first-order valence-electron chi connectivity index (χ1n) is 3.55. The van der Waals surface area contributed by atoms with Crippen LogP contribution >= 0.6 is 11.6 Å². The molecule has 1 nitrogen and oxygen atoms in total. The molecule has 2 heteroatoms. The summed E-state index contributed by atoms with van der Waals surface area (Å²) in [6.07, 6.45) is 0. The standard InChI is InChI=1S/C9H12ClN/c1-9(2,10)7-3-5-8(11)6-4-7/h3-6H,11H2,1-2H3. The Bertz CT molecular complexity index is 233. The van der Waals surface area contributed by atoms with Crippen molar-refractivity contribution in [3.05, 3.63) is 29.8 Å². The quantitative estimate of drug-likeness (QED) is 0.508. The molecule has 60 valence electrons. The Hall–Kier alpha value is -0.690. The van der Waals surface area contributed by atoms with Crippen LogP contribution in [-0.4, -0.2) is 0 Å². The lowest BCUT2D eigenvalue weighted by molar-refractivity contribution is 0.766. The van der Waals surface area contributed by atoms with Crippen molar-refractivity contribution >= 4 is 17.3 Å². The lowest BCUT2D eigenvalue weighted by atomic mass is 10.0. The molecule has 0 aromatic heterocycles. The van der Waals surface area contributed by atoms with Crippen LogP contribution in [0.4, 0.5) is 5.69 Å². The third kappa shape index (κ3) is 2.12. The summed E-state index contributed by atoms with van der Waals surface area (Å²) in [7, 11) is 0. The molecule has 0 atom stereocenters. The van der Waals surface area contributed by atoms with Gasteiger partial charge in [0.15, 0.2) is 0 Å². The number of nitrogen functional groups attached to an aromatic ring is 1. The van der Waals surface area contributed by atoms with Gasteiger partial charge < -0.3 is 5.73 Å². The molecular weight excluding hydrogens is 158 g/mol. The third-order valence-electron chi connectivity index (χ3n) is 1.60. The van der Waals surface area contributed by atoms with Gasteiger partial charge in [-0.1, -0.05) is 12.1 Å². The van der Waals surface area contributed by atoms with Gasteiger partial charge in [-0.3, -0.25) is 0 Å². The van der Waals surface area contributed by atoms with Crippen LogP contribution in [-0.2, 0) is 4.87 Å². The van der Waals surface area contributed by atoms with Gasteiger partial charge in [0.25, 0.3) is 0 Å². The molecule has 0 aliphatic heterocycles.